The van der Waals surface area contributed by atoms with Crippen LogP contribution in [0.15, 0.2) is 144 Å². The number of hydrogen-bond acceptors (Lipinski definition) is 4. The zero-order valence-electron chi connectivity index (χ0n) is 39.0. The van der Waals surface area contributed by atoms with Gasteiger partial charge in [0.15, 0.2) is 17.5 Å². The quantitative estimate of drug-likeness (QED) is 0.154. The third kappa shape index (κ3) is 7.24. The maximum absolute atomic E-state index is 6.98. The number of hydrogen-bond donors (Lipinski definition) is 0. The van der Waals surface area contributed by atoms with Crippen LogP contribution in [0.3, 0.4) is 0 Å². The molecule has 298 valence electrons. The molecule has 4 nitrogen and oxygen atoms in total. The normalized spacial score (nSPS) is 11.4. The average molecular weight is 822 g/mol. The summed E-state index contributed by atoms with van der Waals surface area (Å²) in [5.41, 5.74) is 27.3. The van der Waals surface area contributed by atoms with Crippen LogP contribution in [0.5, 0.6) is 0 Å². The number of fused-ring (bicyclic) bond motifs is 3. The number of aromatic nitrogens is 3. The fourth-order valence-corrected chi connectivity index (χ4v) is 9.94. The van der Waals surface area contributed by atoms with Crippen LogP contribution in [-0.4, -0.2) is 93.4 Å². The molecule has 0 radical (unpaired) electrons. The maximum atomic E-state index is 6.98. The first-order chi connectivity index (χ1) is 31.4. The van der Waals surface area contributed by atoms with Crippen molar-refractivity contribution in [3.8, 4) is 78.7 Å². The summed E-state index contributed by atoms with van der Waals surface area (Å²) in [6.07, 6.45) is 0. The van der Waals surface area contributed by atoms with Gasteiger partial charge >= 0.3 is 0 Å². The summed E-state index contributed by atoms with van der Waals surface area (Å²) in [5.74, 6) is 1.83. The van der Waals surface area contributed by atoms with Crippen LogP contribution >= 0.6 is 0 Å². The Morgan fingerprint density at radius 3 is 1.20 bits per heavy atom. The predicted molar refractivity (Wildman–Crippen MR) is 307 cm³/mol. The summed E-state index contributed by atoms with van der Waals surface area (Å²) in [4.78, 5) is 15.3. The van der Waals surface area contributed by atoms with E-state index in [1.165, 1.54) is 76.9 Å². The zero-order chi connectivity index (χ0) is 45.3. The topological polar surface area (TPSA) is 51.8 Å². The number of rotatable bonds is 7. The maximum Gasteiger partial charge on any atom is 0.164 e. The van der Waals surface area contributed by atoms with Crippen molar-refractivity contribution >= 4 is 155 Å². The van der Waals surface area contributed by atoms with Crippen molar-refractivity contribution in [3.63, 3.8) is 0 Å². The molecule has 0 unspecified atom stereocenters. The van der Waals surface area contributed by atoms with Crippen LogP contribution in [0.25, 0.3) is 101 Å². The van der Waals surface area contributed by atoms with E-state index in [2.05, 4.69) is 151 Å². The van der Waals surface area contributed by atoms with Gasteiger partial charge in [0.05, 0.1) is 0 Å². The lowest BCUT2D eigenvalue weighted by Crippen LogP contribution is -2.55. The molecule has 2 aromatic heterocycles. The number of nitrogens with zero attached hydrogens (tertiary/aromatic N) is 3. The van der Waals surface area contributed by atoms with Crippen molar-refractivity contribution < 1.29 is 4.42 Å². The molecule has 0 atom stereocenters. The molecule has 65 heavy (non-hydrogen) atoms. The van der Waals surface area contributed by atoms with E-state index in [-0.39, 0.29) is 0 Å². The third-order valence-corrected chi connectivity index (χ3v) is 14.5. The molecular weight excluding hydrogens is 779 g/mol. The van der Waals surface area contributed by atoms with Crippen LogP contribution in [0, 0.1) is 0 Å². The van der Waals surface area contributed by atoms with Crippen LogP contribution < -0.4 is 54.6 Å². The van der Waals surface area contributed by atoms with Gasteiger partial charge in [-0.15, -0.1) is 32.8 Å². The SMILES string of the molecule is Bc1c(B)c(B)c(-c2ccc(-c3cc(-c4ccc(-c5c(B)c(B)c(B)c(B)c5B)cc4)c4oc5cccc(-c6nc(-c7ccccc7)nc(-c7ccccc7)n6)c5c4c3)cc2)c(B)c1B. The van der Waals surface area contributed by atoms with Crippen LogP contribution in [0.4, 0.5) is 0 Å². The Balaban J connectivity index is 1.19. The molecule has 0 aliphatic rings. The molecule has 0 amide bonds. The molecule has 14 heteroatoms. The Hall–Kier alpha value is -6.78. The minimum Gasteiger partial charge on any atom is -0.455 e. The molecular formula is C51H43B10N3O. The summed E-state index contributed by atoms with van der Waals surface area (Å²) >= 11 is 0. The molecule has 10 rings (SSSR count). The fourth-order valence-electron chi connectivity index (χ4n) is 9.94. The van der Waals surface area contributed by atoms with Crippen molar-refractivity contribution in [2.75, 3.05) is 0 Å². The highest BCUT2D eigenvalue weighted by Crippen LogP contribution is 2.43. The van der Waals surface area contributed by atoms with Crippen LogP contribution in [-0.2, 0) is 0 Å². The summed E-state index contributed by atoms with van der Waals surface area (Å²) in [6, 6.07) is 49.2. The largest absolute Gasteiger partial charge is 0.455 e. The second kappa shape index (κ2) is 16.7. The van der Waals surface area contributed by atoms with Gasteiger partial charge in [0, 0.05) is 33.0 Å². The first-order valence-electron chi connectivity index (χ1n) is 22.6. The minimum absolute atomic E-state index is 0.593. The summed E-state index contributed by atoms with van der Waals surface area (Å²) in [6.45, 7) is 0. The molecule has 0 bridgehead atoms. The predicted octanol–water partition coefficient (Wildman–Crippen LogP) is -3.98. The second-order valence-electron chi connectivity index (χ2n) is 17.9. The van der Waals surface area contributed by atoms with E-state index < -0.39 is 0 Å². The Kier molecular flexibility index (Phi) is 10.8. The van der Waals surface area contributed by atoms with E-state index in [0.29, 0.717) is 17.5 Å². The molecule has 2 heterocycles. The monoisotopic (exact) mass is 823 g/mol. The standard InChI is InChI=1S/C51H43B10N3O/c52-38-35(39(53)43(57)46(60)42(38)56)26-18-14-24(15-19-26)30-22-32(25-16-20-27(21-17-25)36-40(54)44(58)47(61)45(59)41(36)55)48-33(23-30)37-31(12-7-13-34(37)65-48)51-63-49(28-8-3-1-4-9-28)62-50(64-51)29-10-5-2-6-11-29/h1-23H,52-61H2. The molecule has 0 saturated carbocycles. The second-order valence-corrected chi connectivity index (χ2v) is 17.9. The third-order valence-electron chi connectivity index (χ3n) is 14.5. The van der Waals surface area contributed by atoms with Crippen molar-refractivity contribution in [3.05, 3.63) is 140 Å². The number of furan rings is 1. The molecule has 8 aromatic carbocycles. The highest BCUT2D eigenvalue weighted by Gasteiger charge is 2.22. The molecule has 0 aliphatic heterocycles. The van der Waals surface area contributed by atoms with Crippen molar-refractivity contribution in [2.45, 2.75) is 0 Å². The van der Waals surface area contributed by atoms with E-state index in [1.807, 2.05) is 66.7 Å². The van der Waals surface area contributed by atoms with E-state index in [0.717, 1.165) is 60.9 Å². The van der Waals surface area contributed by atoms with Gasteiger partial charge in [-0.25, -0.2) is 15.0 Å². The first-order valence-corrected chi connectivity index (χ1v) is 22.6. The molecule has 0 fully saturated rings. The van der Waals surface area contributed by atoms with Crippen molar-refractivity contribution in [2.24, 2.45) is 0 Å². The molecule has 0 aliphatic carbocycles. The molecule has 0 N–H and O–H groups in total. The smallest absolute Gasteiger partial charge is 0.164 e. The Morgan fingerprint density at radius 1 is 0.308 bits per heavy atom. The first kappa shape index (κ1) is 42.2. The van der Waals surface area contributed by atoms with E-state index in [9.17, 15) is 0 Å². The van der Waals surface area contributed by atoms with Gasteiger partial charge in [-0.1, -0.05) is 143 Å². The van der Waals surface area contributed by atoms with Gasteiger partial charge in [0.25, 0.3) is 0 Å². The van der Waals surface area contributed by atoms with Gasteiger partial charge in [0.2, 0.25) is 0 Å². The van der Waals surface area contributed by atoms with E-state index in [4.69, 9.17) is 19.4 Å². The highest BCUT2D eigenvalue weighted by atomic mass is 16.3. The molecule has 0 spiro atoms. The van der Waals surface area contributed by atoms with Gasteiger partial charge < -0.3 is 4.42 Å². The molecule has 10 aromatic rings. The summed E-state index contributed by atoms with van der Waals surface area (Å²) < 4.78 is 6.98. The van der Waals surface area contributed by atoms with Crippen molar-refractivity contribution in [1.82, 2.24) is 15.0 Å². The highest BCUT2D eigenvalue weighted by molar-refractivity contribution is 6.70. The van der Waals surface area contributed by atoms with E-state index >= 15 is 0 Å². The van der Waals surface area contributed by atoms with Crippen LogP contribution in [0.1, 0.15) is 0 Å². The van der Waals surface area contributed by atoms with Crippen molar-refractivity contribution in [1.29, 1.82) is 0 Å². The Morgan fingerprint density at radius 2 is 0.723 bits per heavy atom. The molecule has 0 saturated heterocycles. The minimum atomic E-state index is 0.593. The van der Waals surface area contributed by atoms with Gasteiger partial charge in [-0.2, -0.15) is 0 Å². The summed E-state index contributed by atoms with van der Waals surface area (Å²) in [7, 11) is 22.5. The Bertz CT molecular complexity index is 3410. The average Bonchev–Trinajstić information content (AvgIpc) is 3.73. The number of benzene rings is 8. The fraction of sp³-hybridized carbons (Fsp3) is 0. The zero-order valence-corrected chi connectivity index (χ0v) is 39.0. The lowest BCUT2D eigenvalue weighted by atomic mass is 9.59. The van der Waals surface area contributed by atoms with Gasteiger partial charge in [-0.05, 0) is 57.1 Å². The lowest BCUT2D eigenvalue weighted by Gasteiger charge is -2.21. The Labute approximate surface area is 390 Å². The van der Waals surface area contributed by atoms with Crippen LogP contribution in [0.2, 0.25) is 0 Å². The lowest BCUT2D eigenvalue weighted by molar-refractivity contribution is 0.670. The van der Waals surface area contributed by atoms with E-state index in [1.54, 1.807) is 0 Å². The summed E-state index contributed by atoms with van der Waals surface area (Å²) in [5, 5.41) is 1.98. The van der Waals surface area contributed by atoms with Gasteiger partial charge in [-0.3, -0.25) is 0 Å². The van der Waals surface area contributed by atoms with Gasteiger partial charge in [0.1, 0.15) is 89.6 Å².